The summed E-state index contributed by atoms with van der Waals surface area (Å²) in [4.78, 5) is 12.2. The van der Waals surface area contributed by atoms with Crippen LogP contribution in [0.25, 0.3) is 11.2 Å². The van der Waals surface area contributed by atoms with Gasteiger partial charge >= 0.3 is 0 Å². The van der Waals surface area contributed by atoms with E-state index in [2.05, 4.69) is 21.9 Å². The summed E-state index contributed by atoms with van der Waals surface area (Å²) in [6.45, 7) is 2.27. The van der Waals surface area contributed by atoms with Crippen LogP contribution in [0, 0.1) is 11.8 Å². The second-order valence-corrected chi connectivity index (χ2v) is 5.58. The first-order valence-electron chi connectivity index (χ1n) is 6.76. The molecule has 3 N–H and O–H groups in total. The van der Waals surface area contributed by atoms with E-state index >= 15 is 0 Å². The number of nitrogens with two attached hydrogens (primary N) is 1. The zero-order valence-electron chi connectivity index (χ0n) is 11.0. The van der Waals surface area contributed by atoms with Gasteiger partial charge in [-0.2, -0.15) is 0 Å². The molecule has 2 aromatic rings. The molecule has 3 rings (SSSR count). The van der Waals surface area contributed by atoms with Gasteiger partial charge in [0.05, 0.1) is 6.33 Å². The number of nitrogens with zero attached hydrogens (tertiary/aromatic N) is 4. The van der Waals surface area contributed by atoms with Gasteiger partial charge in [-0.3, -0.25) is 4.57 Å². The van der Waals surface area contributed by atoms with E-state index in [0.29, 0.717) is 17.0 Å². The standard InChI is InChI=1S/C13H19N5O/c1-8-4-9(5-8)2-3-10(19)18-7-17-11-12(14)15-6-16-13(11)18/h6-10,19H,2-5H2,1H3,(H2,14,15,16). The highest BCUT2D eigenvalue weighted by molar-refractivity contribution is 5.81. The Kier molecular flexibility index (Phi) is 3.10. The molecule has 2 heterocycles. The molecule has 1 saturated carbocycles. The molecule has 0 aromatic carbocycles. The molecule has 1 aliphatic rings. The van der Waals surface area contributed by atoms with E-state index in [1.54, 1.807) is 10.9 Å². The van der Waals surface area contributed by atoms with Crippen molar-refractivity contribution in [3.63, 3.8) is 0 Å². The van der Waals surface area contributed by atoms with Gasteiger partial charge in [0.15, 0.2) is 11.5 Å². The number of rotatable bonds is 4. The van der Waals surface area contributed by atoms with Crippen LogP contribution in [-0.4, -0.2) is 24.6 Å². The average molecular weight is 261 g/mol. The molecular weight excluding hydrogens is 242 g/mol. The van der Waals surface area contributed by atoms with Crippen LogP contribution in [-0.2, 0) is 0 Å². The minimum Gasteiger partial charge on any atom is -0.382 e. The van der Waals surface area contributed by atoms with Crippen molar-refractivity contribution in [2.45, 2.75) is 38.8 Å². The maximum absolute atomic E-state index is 10.3. The lowest BCUT2D eigenvalue weighted by Crippen LogP contribution is -2.22. The molecule has 1 fully saturated rings. The third kappa shape index (κ3) is 2.28. The molecule has 0 bridgehead atoms. The number of fused-ring (bicyclic) bond motifs is 1. The zero-order chi connectivity index (χ0) is 13.4. The monoisotopic (exact) mass is 261 g/mol. The first kappa shape index (κ1) is 12.3. The molecule has 0 saturated heterocycles. The molecule has 0 amide bonds. The van der Waals surface area contributed by atoms with Crippen molar-refractivity contribution in [1.82, 2.24) is 19.5 Å². The Bertz CT molecular complexity index is 575. The van der Waals surface area contributed by atoms with Gasteiger partial charge in [-0.1, -0.05) is 6.92 Å². The Morgan fingerprint density at radius 2 is 2.21 bits per heavy atom. The Morgan fingerprint density at radius 3 is 2.95 bits per heavy atom. The summed E-state index contributed by atoms with van der Waals surface area (Å²) in [5, 5.41) is 10.3. The summed E-state index contributed by atoms with van der Waals surface area (Å²) in [5.41, 5.74) is 6.88. The van der Waals surface area contributed by atoms with Crippen LogP contribution in [0.1, 0.15) is 38.8 Å². The van der Waals surface area contributed by atoms with Crippen LogP contribution in [0.2, 0.25) is 0 Å². The molecule has 0 spiro atoms. The Balaban J connectivity index is 1.71. The first-order valence-corrected chi connectivity index (χ1v) is 6.76. The van der Waals surface area contributed by atoms with Crippen LogP contribution in [0.4, 0.5) is 5.82 Å². The molecule has 6 nitrogen and oxygen atoms in total. The zero-order valence-corrected chi connectivity index (χ0v) is 11.0. The van der Waals surface area contributed by atoms with E-state index in [-0.39, 0.29) is 0 Å². The van der Waals surface area contributed by atoms with Crippen molar-refractivity contribution < 1.29 is 5.11 Å². The van der Waals surface area contributed by atoms with Crippen LogP contribution in [0.3, 0.4) is 0 Å². The minimum absolute atomic E-state index is 0.351. The SMILES string of the molecule is CC1CC(CCC(O)n2cnc3c(N)ncnc32)C1. The van der Waals surface area contributed by atoms with Gasteiger partial charge in [-0.25, -0.2) is 15.0 Å². The van der Waals surface area contributed by atoms with Crippen molar-refractivity contribution in [1.29, 1.82) is 0 Å². The number of nitrogen functional groups attached to an aromatic ring is 1. The highest BCUT2D eigenvalue weighted by Gasteiger charge is 2.26. The summed E-state index contributed by atoms with van der Waals surface area (Å²) in [7, 11) is 0. The third-order valence-electron chi connectivity index (χ3n) is 4.01. The summed E-state index contributed by atoms with van der Waals surface area (Å²) in [5.74, 6) is 1.96. The van der Waals surface area contributed by atoms with Gasteiger partial charge in [0.25, 0.3) is 0 Å². The van der Waals surface area contributed by atoms with Crippen LogP contribution in [0.5, 0.6) is 0 Å². The second-order valence-electron chi connectivity index (χ2n) is 5.58. The molecule has 1 atom stereocenters. The van der Waals surface area contributed by atoms with Crippen molar-refractivity contribution >= 4 is 17.0 Å². The normalized spacial score (nSPS) is 24.3. The maximum Gasteiger partial charge on any atom is 0.167 e. The quantitative estimate of drug-likeness (QED) is 0.874. The largest absolute Gasteiger partial charge is 0.382 e. The molecule has 6 heteroatoms. The third-order valence-corrected chi connectivity index (χ3v) is 4.01. The highest BCUT2D eigenvalue weighted by Crippen LogP contribution is 2.37. The molecular formula is C13H19N5O. The van der Waals surface area contributed by atoms with Gasteiger partial charge in [-0.15, -0.1) is 0 Å². The Morgan fingerprint density at radius 1 is 1.42 bits per heavy atom. The smallest absolute Gasteiger partial charge is 0.167 e. The summed E-state index contributed by atoms with van der Waals surface area (Å²) < 4.78 is 1.68. The van der Waals surface area contributed by atoms with Gasteiger partial charge in [0.2, 0.25) is 0 Å². The molecule has 1 aliphatic carbocycles. The van der Waals surface area contributed by atoms with E-state index in [9.17, 15) is 5.11 Å². The average Bonchev–Trinajstić information content (AvgIpc) is 2.78. The van der Waals surface area contributed by atoms with E-state index in [1.165, 1.54) is 19.2 Å². The van der Waals surface area contributed by atoms with Crippen LogP contribution in [0.15, 0.2) is 12.7 Å². The van der Waals surface area contributed by atoms with E-state index in [1.807, 2.05) is 0 Å². The van der Waals surface area contributed by atoms with Gasteiger partial charge < -0.3 is 10.8 Å². The fourth-order valence-corrected chi connectivity index (χ4v) is 2.92. The molecule has 0 aliphatic heterocycles. The molecule has 1 unspecified atom stereocenters. The minimum atomic E-state index is -0.588. The lowest BCUT2D eigenvalue weighted by molar-refractivity contribution is 0.0762. The Hall–Kier alpha value is -1.69. The van der Waals surface area contributed by atoms with Crippen molar-refractivity contribution in [3.8, 4) is 0 Å². The summed E-state index contributed by atoms with van der Waals surface area (Å²) in [6, 6.07) is 0. The molecule has 2 aromatic heterocycles. The van der Waals surface area contributed by atoms with Gasteiger partial charge in [0, 0.05) is 0 Å². The maximum atomic E-state index is 10.3. The molecule has 102 valence electrons. The molecule has 19 heavy (non-hydrogen) atoms. The topological polar surface area (TPSA) is 89.8 Å². The lowest BCUT2D eigenvalue weighted by atomic mass is 9.74. The van der Waals surface area contributed by atoms with Crippen molar-refractivity contribution in [2.24, 2.45) is 11.8 Å². The Labute approximate surface area is 111 Å². The number of hydrogen-bond acceptors (Lipinski definition) is 5. The van der Waals surface area contributed by atoms with Crippen LogP contribution >= 0.6 is 0 Å². The number of aliphatic hydroxyl groups is 1. The summed E-state index contributed by atoms with van der Waals surface area (Å²) >= 11 is 0. The van der Waals surface area contributed by atoms with E-state index < -0.39 is 6.23 Å². The van der Waals surface area contributed by atoms with Crippen molar-refractivity contribution in [2.75, 3.05) is 5.73 Å². The second kappa shape index (κ2) is 4.77. The fourth-order valence-electron chi connectivity index (χ4n) is 2.92. The predicted octanol–water partition coefficient (Wildman–Crippen LogP) is 1.73. The van der Waals surface area contributed by atoms with Gasteiger partial charge in [-0.05, 0) is 37.5 Å². The number of hydrogen-bond donors (Lipinski definition) is 2. The number of aromatic nitrogens is 4. The van der Waals surface area contributed by atoms with E-state index in [4.69, 9.17) is 5.73 Å². The predicted molar refractivity (Wildman–Crippen MR) is 72.1 cm³/mol. The van der Waals surface area contributed by atoms with E-state index in [0.717, 1.165) is 24.7 Å². The lowest BCUT2D eigenvalue weighted by Gasteiger charge is -2.33. The highest BCUT2D eigenvalue weighted by atomic mass is 16.3. The van der Waals surface area contributed by atoms with Crippen LogP contribution < -0.4 is 5.73 Å². The molecule has 0 radical (unpaired) electrons. The summed E-state index contributed by atoms with van der Waals surface area (Å²) in [6.07, 6.45) is 6.74. The number of aliphatic hydroxyl groups excluding tert-OH is 1. The first-order chi connectivity index (χ1) is 9.15. The number of imidazole rings is 1. The van der Waals surface area contributed by atoms with Gasteiger partial charge in [0.1, 0.15) is 18.1 Å². The number of anilines is 1. The fraction of sp³-hybridized carbons (Fsp3) is 0.615. The van der Waals surface area contributed by atoms with Crippen molar-refractivity contribution in [3.05, 3.63) is 12.7 Å².